The minimum Gasteiger partial charge on any atom is -0.479 e. The summed E-state index contributed by atoms with van der Waals surface area (Å²) in [5.41, 5.74) is 7.80. The largest absolute Gasteiger partial charge is 0.479 e. The number of carbonyl (C=O) groups is 2. The molecule has 17 heteroatoms. The van der Waals surface area contributed by atoms with Crippen molar-refractivity contribution in [2.45, 2.75) is 42.2 Å². The van der Waals surface area contributed by atoms with Crippen molar-refractivity contribution in [2.24, 2.45) is 0 Å². The Morgan fingerprint density at radius 1 is 1.10 bits per heavy atom. The third-order valence-corrected chi connectivity index (χ3v) is 7.35. The number of carboxylic acids is 2. The zero-order chi connectivity index (χ0) is 29.3. The summed E-state index contributed by atoms with van der Waals surface area (Å²) >= 11 is 5.86. The first-order chi connectivity index (χ1) is 19.5. The SMILES string of the molecule is Nc1ncc(-c2ccc(CC(OC3[C@H]4O[C@@H](n5cnc6c(N)nc(Cl)nc65)[C@@H](F)[C@@]34O)(C(=O)O)C(=O)O)cc2)cn1. The van der Waals surface area contributed by atoms with Crippen LogP contribution in [0.2, 0.25) is 5.28 Å². The van der Waals surface area contributed by atoms with E-state index in [9.17, 15) is 24.9 Å². The van der Waals surface area contributed by atoms with Gasteiger partial charge in [0.25, 0.3) is 5.60 Å². The molecule has 0 bridgehead atoms. The van der Waals surface area contributed by atoms with E-state index in [-0.39, 0.29) is 33.8 Å². The van der Waals surface area contributed by atoms with Crippen molar-refractivity contribution in [3.05, 3.63) is 53.8 Å². The molecule has 1 aromatic carbocycles. The summed E-state index contributed by atoms with van der Waals surface area (Å²) in [6.07, 6.45) is -3.12. The van der Waals surface area contributed by atoms with Crippen LogP contribution < -0.4 is 11.5 Å². The van der Waals surface area contributed by atoms with E-state index in [2.05, 4.69) is 24.9 Å². The lowest BCUT2D eigenvalue weighted by Crippen LogP contribution is -2.53. The third kappa shape index (κ3) is 4.10. The van der Waals surface area contributed by atoms with Gasteiger partial charge in [-0.1, -0.05) is 24.3 Å². The van der Waals surface area contributed by atoms with E-state index in [4.69, 9.17) is 32.5 Å². The molecule has 15 nitrogen and oxygen atoms in total. The first kappa shape index (κ1) is 26.7. The van der Waals surface area contributed by atoms with Gasteiger partial charge in [-0.25, -0.2) is 28.9 Å². The second kappa shape index (κ2) is 9.27. The van der Waals surface area contributed by atoms with Gasteiger partial charge in [-0.05, 0) is 22.7 Å². The number of hydrogen-bond acceptors (Lipinski definition) is 12. The Morgan fingerprint density at radius 3 is 2.34 bits per heavy atom. The Bertz CT molecular complexity index is 1670. The van der Waals surface area contributed by atoms with Crippen molar-refractivity contribution in [1.29, 1.82) is 0 Å². The maximum Gasteiger partial charge on any atom is 0.348 e. The number of nitrogen functional groups attached to an aromatic ring is 2. The lowest BCUT2D eigenvalue weighted by Gasteiger charge is -2.28. The van der Waals surface area contributed by atoms with Crippen LogP contribution in [0.25, 0.3) is 22.3 Å². The van der Waals surface area contributed by atoms with Gasteiger partial charge < -0.3 is 36.3 Å². The predicted octanol–water partition coefficient (Wildman–Crippen LogP) is 0.617. The molecule has 4 heterocycles. The van der Waals surface area contributed by atoms with Crippen LogP contribution in [-0.2, 0) is 25.5 Å². The summed E-state index contributed by atoms with van der Waals surface area (Å²) in [5.74, 6) is -3.65. The fourth-order valence-corrected chi connectivity index (χ4v) is 5.10. The second-order valence-electron chi connectivity index (χ2n) is 9.62. The summed E-state index contributed by atoms with van der Waals surface area (Å²) in [6.45, 7) is 0. The van der Waals surface area contributed by atoms with Crippen molar-refractivity contribution < 1.29 is 38.8 Å². The van der Waals surface area contributed by atoms with E-state index in [1.807, 2.05) is 0 Å². The molecule has 1 unspecified atom stereocenters. The zero-order valence-corrected chi connectivity index (χ0v) is 21.4. The van der Waals surface area contributed by atoms with Gasteiger partial charge in [-0.2, -0.15) is 9.97 Å². The van der Waals surface area contributed by atoms with Gasteiger partial charge in [0.2, 0.25) is 11.2 Å². The second-order valence-corrected chi connectivity index (χ2v) is 9.96. The maximum absolute atomic E-state index is 15.7. The first-order valence-electron chi connectivity index (χ1n) is 11.9. The average Bonchev–Trinajstić information content (AvgIpc) is 3.17. The smallest absolute Gasteiger partial charge is 0.348 e. The van der Waals surface area contributed by atoms with Crippen molar-refractivity contribution in [3.8, 4) is 11.1 Å². The summed E-state index contributed by atoms with van der Waals surface area (Å²) in [7, 11) is 0. The molecule has 1 saturated carbocycles. The molecule has 3 aromatic heterocycles. The molecule has 41 heavy (non-hydrogen) atoms. The zero-order valence-electron chi connectivity index (χ0n) is 20.6. The number of imidazole rings is 1. The van der Waals surface area contributed by atoms with Crippen LogP contribution in [0.15, 0.2) is 43.0 Å². The number of fused-ring (bicyclic) bond motifs is 2. The number of halogens is 2. The van der Waals surface area contributed by atoms with Crippen LogP contribution in [0, 0.1) is 0 Å². The molecule has 1 saturated heterocycles. The van der Waals surface area contributed by atoms with Crippen molar-refractivity contribution in [2.75, 3.05) is 11.5 Å². The van der Waals surface area contributed by atoms with E-state index < -0.39 is 54.2 Å². The van der Waals surface area contributed by atoms with E-state index >= 15 is 4.39 Å². The topological polar surface area (TPSA) is 235 Å². The monoisotopic (exact) mass is 586 g/mol. The fourth-order valence-electron chi connectivity index (χ4n) is 4.92. The Labute approximate surface area is 233 Å². The maximum atomic E-state index is 15.7. The number of alkyl halides is 1. The van der Waals surface area contributed by atoms with Crippen LogP contribution in [0.5, 0.6) is 0 Å². The van der Waals surface area contributed by atoms with Crippen LogP contribution in [-0.4, -0.2) is 86.3 Å². The first-order valence-corrected chi connectivity index (χ1v) is 12.3. The van der Waals surface area contributed by atoms with Gasteiger partial charge in [0.1, 0.15) is 17.7 Å². The molecular formula is C24H20ClFN8O7. The van der Waals surface area contributed by atoms with Gasteiger partial charge in [-0.3, -0.25) is 4.57 Å². The molecule has 2 fully saturated rings. The number of anilines is 2. The normalized spacial score (nSPS) is 25.2. The number of aliphatic carboxylic acids is 2. The lowest BCUT2D eigenvalue weighted by molar-refractivity contribution is -0.194. The molecule has 0 amide bonds. The van der Waals surface area contributed by atoms with E-state index in [1.165, 1.54) is 30.9 Å². The highest BCUT2D eigenvalue weighted by molar-refractivity contribution is 6.28. The number of hydrogen-bond donors (Lipinski definition) is 5. The van der Waals surface area contributed by atoms with Gasteiger partial charge in [0.15, 0.2) is 29.5 Å². The minimum atomic E-state index is -2.87. The highest BCUT2D eigenvalue weighted by atomic mass is 35.5. The number of carboxylic acid groups (broad SMARTS) is 2. The molecule has 1 aliphatic carbocycles. The Balaban J connectivity index is 1.23. The van der Waals surface area contributed by atoms with Gasteiger partial charge >= 0.3 is 11.9 Å². The van der Waals surface area contributed by atoms with Crippen molar-refractivity contribution in [1.82, 2.24) is 29.5 Å². The molecule has 0 radical (unpaired) electrons. The van der Waals surface area contributed by atoms with Crippen LogP contribution in [0.3, 0.4) is 0 Å². The van der Waals surface area contributed by atoms with E-state index in [0.29, 0.717) is 11.1 Å². The van der Waals surface area contributed by atoms with Gasteiger partial charge in [0, 0.05) is 24.4 Å². The lowest BCUT2D eigenvalue weighted by atomic mass is 9.93. The highest BCUT2D eigenvalue weighted by Gasteiger charge is 2.80. The summed E-state index contributed by atoms with van der Waals surface area (Å²) < 4.78 is 28.0. The minimum absolute atomic E-state index is 0.0388. The molecule has 6 rings (SSSR count). The molecule has 5 atom stereocenters. The molecule has 1 aliphatic heterocycles. The Morgan fingerprint density at radius 2 is 1.76 bits per heavy atom. The number of aliphatic hydroxyl groups is 1. The molecule has 4 aromatic rings. The van der Waals surface area contributed by atoms with E-state index in [1.54, 1.807) is 12.1 Å². The number of aromatic nitrogens is 6. The van der Waals surface area contributed by atoms with Crippen molar-refractivity contribution in [3.63, 3.8) is 0 Å². The number of benzene rings is 1. The predicted molar refractivity (Wildman–Crippen MR) is 137 cm³/mol. The molecule has 212 valence electrons. The van der Waals surface area contributed by atoms with Gasteiger partial charge in [0.05, 0.1) is 6.33 Å². The Hall–Kier alpha value is -4.51. The standard InChI is InChI=1S/C24H20ClFN8O7/c25-21-32-16(27)12-17(33-21)34(8-31-12)18-13(26)24(39)14(40-18)15(24)41-23(19(35)36,20(37)38)5-9-1-3-10(4-2-9)11-6-29-22(28)30-7-11/h1-4,6-8,13-15,18,39H,5H2,(H,35,36)(H,37,38)(H2,27,32,33)(H2,28,29,30)/t13-,14-,15?,18-,24+/m1/s1. The number of nitrogens with zero attached hydrogens (tertiary/aromatic N) is 6. The number of ether oxygens (including phenoxy) is 2. The molecule has 0 spiro atoms. The summed E-state index contributed by atoms with van der Waals surface area (Å²) in [5, 5.41) is 30.8. The Kier molecular flexibility index (Phi) is 6.04. The fraction of sp³-hybridized carbons (Fsp3) is 0.292. The third-order valence-electron chi connectivity index (χ3n) is 7.18. The summed E-state index contributed by atoms with van der Waals surface area (Å²) in [6, 6.07) is 6.24. The molecule has 2 aliphatic rings. The van der Waals surface area contributed by atoms with Gasteiger partial charge in [-0.15, -0.1) is 0 Å². The van der Waals surface area contributed by atoms with Crippen LogP contribution in [0.4, 0.5) is 16.2 Å². The average molecular weight is 587 g/mol. The summed E-state index contributed by atoms with van der Waals surface area (Å²) in [4.78, 5) is 44.2. The van der Waals surface area contributed by atoms with Crippen LogP contribution >= 0.6 is 11.6 Å². The van der Waals surface area contributed by atoms with Crippen LogP contribution in [0.1, 0.15) is 11.8 Å². The number of rotatable bonds is 8. The van der Waals surface area contributed by atoms with Crippen molar-refractivity contribution >= 4 is 46.5 Å². The van der Waals surface area contributed by atoms with E-state index in [0.717, 1.165) is 4.57 Å². The molecule has 7 N–H and O–H groups in total. The quantitative estimate of drug-likeness (QED) is 0.141. The highest BCUT2D eigenvalue weighted by Crippen LogP contribution is 2.58. The molecular weight excluding hydrogens is 567 g/mol. The number of nitrogens with two attached hydrogens (primary N) is 2.